The largest absolute Gasteiger partial charge is 0.378 e. The smallest absolute Gasteiger partial charge is 0.191 e. The van der Waals surface area contributed by atoms with Crippen LogP contribution in [0.15, 0.2) is 23.2 Å². The van der Waals surface area contributed by atoms with Gasteiger partial charge >= 0.3 is 0 Å². The Balaban J connectivity index is 0.00000341. The first-order valence-electron chi connectivity index (χ1n) is 11.5. The topological polar surface area (TPSA) is 58.1 Å². The Labute approximate surface area is 203 Å². The number of nitrogens with one attached hydrogen (secondary N) is 2. The summed E-state index contributed by atoms with van der Waals surface area (Å²) in [4.78, 5) is 6.64. The van der Waals surface area contributed by atoms with Crippen LogP contribution in [0.5, 0.6) is 0 Å². The molecule has 8 heteroatoms. The van der Waals surface area contributed by atoms with E-state index in [9.17, 15) is 4.39 Å². The zero-order chi connectivity index (χ0) is 21.0. The van der Waals surface area contributed by atoms with Crippen molar-refractivity contribution in [2.24, 2.45) is 4.99 Å². The second-order valence-corrected chi connectivity index (χ2v) is 7.99. The summed E-state index contributed by atoms with van der Waals surface area (Å²) < 4.78 is 25.9. The highest BCUT2D eigenvalue weighted by Crippen LogP contribution is 2.22. The monoisotopic (exact) mass is 548 g/mol. The van der Waals surface area contributed by atoms with E-state index in [2.05, 4.69) is 15.6 Å². The van der Waals surface area contributed by atoms with E-state index in [1.54, 1.807) is 6.07 Å². The Morgan fingerprint density at radius 1 is 1.19 bits per heavy atom. The number of anilines is 1. The Morgan fingerprint density at radius 2 is 1.97 bits per heavy atom. The molecule has 2 aliphatic rings. The van der Waals surface area contributed by atoms with Crippen molar-refractivity contribution in [1.29, 1.82) is 0 Å². The van der Waals surface area contributed by atoms with Gasteiger partial charge < -0.3 is 25.0 Å². The summed E-state index contributed by atoms with van der Waals surface area (Å²) in [7, 11) is 0. The van der Waals surface area contributed by atoms with Crippen molar-refractivity contribution in [1.82, 2.24) is 10.6 Å². The summed E-state index contributed by atoms with van der Waals surface area (Å²) in [5.41, 5.74) is 1.51. The van der Waals surface area contributed by atoms with Crippen LogP contribution in [0.2, 0.25) is 0 Å². The maximum atomic E-state index is 14.6. The second kappa shape index (κ2) is 14.8. The molecule has 1 aliphatic carbocycles. The van der Waals surface area contributed by atoms with Gasteiger partial charge in [-0.1, -0.05) is 25.3 Å². The van der Waals surface area contributed by atoms with Crippen molar-refractivity contribution in [3.63, 3.8) is 0 Å². The van der Waals surface area contributed by atoms with Crippen molar-refractivity contribution >= 4 is 35.6 Å². The lowest BCUT2D eigenvalue weighted by Gasteiger charge is -2.29. The molecule has 0 aromatic heterocycles. The van der Waals surface area contributed by atoms with Crippen LogP contribution >= 0.6 is 24.0 Å². The fourth-order valence-electron chi connectivity index (χ4n) is 3.98. The molecule has 2 fully saturated rings. The van der Waals surface area contributed by atoms with Gasteiger partial charge in [-0.3, -0.25) is 0 Å². The van der Waals surface area contributed by atoms with Crippen molar-refractivity contribution in [3.8, 4) is 0 Å². The van der Waals surface area contributed by atoms with Gasteiger partial charge in [0.15, 0.2) is 5.96 Å². The summed E-state index contributed by atoms with van der Waals surface area (Å²) in [5.74, 6) is 0.565. The van der Waals surface area contributed by atoms with E-state index in [1.807, 2.05) is 24.0 Å². The quantitative estimate of drug-likeness (QED) is 0.211. The van der Waals surface area contributed by atoms with E-state index >= 15 is 0 Å². The van der Waals surface area contributed by atoms with Crippen LogP contribution in [-0.2, 0) is 16.0 Å². The van der Waals surface area contributed by atoms with Gasteiger partial charge in [0.05, 0.1) is 31.5 Å². The molecule has 1 aromatic rings. The molecule has 0 atom stereocenters. The molecule has 0 unspecified atom stereocenters. The van der Waals surface area contributed by atoms with Crippen LogP contribution in [0, 0.1) is 5.82 Å². The number of rotatable bonds is 9. The van der Waals surface area contributed by atoms with Crippen molar-refractivity contribution in [3.05, 3.63) is 29.6 Å². The molecule has 3 rings (SSSR count). The molecule has 0 amide bonds. The summed E-state index contributed by atoms with van der Waals surface area (Å²) in [5, 5.41) is 6.60. The molecule has 1 saturated heterocycles. The van der Waals surface area contributed by atoms with Gasteiger partial charge in [-0.15, -0.1) is 24.0 Å². The van der Waals surface area contributed by atoms with Gasteiger partial charge in [-0.05, 0) is 43.9 Å². The molecular formula is C23H38FIN4O2. The minimum absolute atomic E-state index is 0. The summed E-state index contributed by atoms with van der Waals surface area (Å²) >= 11 is 0. The first-order chi connectivity index (χ1) is 14.8. The molecule has 2 N–H and O–H groups in total. The van der Waals surface area contributed by atoms with E-state index in [-0.39, 0.29) is 29.8 Å². The summed E-state index contributed by atoms with van der Waals surface area (Å²) in [6.07, 6.45) is 7.77. The molecular weight excluding hydrogens is 510 g/mol. The number of halogens is 2. The predicted molar refractivity (Wildman–Crippen MR) is 135 cm³/mol. The predicted octanol–water partition coefficient (Wildman–Crippen LogP) is 4.07. The number of guanidine groups is 1. The number of hydrogen-bond donors (Lipinski definition) is 2. The lowest BCUT2D eigenvalue weighted by atomic mass is 9.98. The standard InChI is InChI=1S/C23H37FN4O2.HI/c1-2-25-23(26-11-6-14-30-20-7-4-3-5-8-20)27-18-19-9-10-22(21(24)17-19)28-12-15-29-16-13-28;/h9-10,17,20H,2-8,11-16,18H2,1H3,(H2,25,26,27);1H. The van der Waals surface area contributed by atoms with Crippen molar-refractivity contribution in [2.45, 2.75) is 58.1 Å². The van der Waals surface area contributed by atoms with Crippen LogP contribution in [0.3, 0.4) is 0 Å². The van der Waals surface area contributed by atoms with Crippen LogP contribution < -0.4 is 15.5 Å². The first kappa shape index (κ1) is 26.1. The lowest BCUT2D eigenvalue weighted by molar-refractivity contribution is 0.0277. The Bertz CT molecular complexity index is 665. The molecule has 31 heavy (non-hydrogen) atoms. The molecule has 176 valence electrons. The van der Waals surface area contributed by atoms with Crippen molar-refractivity contribution in [2.75, 3.05) is 50.9 Å². The molecule has 6 nitrogen and oxygen atoms in total. The molecule has 1 saturated carbocycles. The Kier molecular flexibility index (Phi) is 12.5. The highest BCUT2D eigenvalue weighted by Gasteiger charge is 2.15. The normalized spacial score (nSPS) is 17.9. The van der Waals surface area contributed by atoms with Gasteiger partial charge in [-0.25, -0.2) is 9.38 Å². The number of benzene rings is 1. The zero-order valence-corrected chi connectivity index (χ0v) is 21.0. The third-order valence-corrected chi connectivity index (χ3v) is 5.65. The van der Waals surface area contributed by atoms with Gasteiger partial charge in [0.25, 0.3) is 0 Å². The van der Waals surface area contributed by atoms with Gasteiger partial charge in [0.2, 0.25) is 0 Å². The molecule has 1 aliphatic heterocycles. The first-order valence-corrected chi connectivity index (χ1v) is 11.5. The number of hydrogen-bond acceptors (Lipinski definition) is 4. The van der Waals surface area contributed by atoms with E-state index in [0.717, 1.165) is 50.7 Å². The van der Waals surface area contributed by atoms with Crippen LogP contribution in [0.1, 0.15) is 51.0 Å². The molecule has 1 aromatic carbocycles. The zero-order valence-electron chi connectivity index (χ0n) is 18.7. The summed E-state index contributed by atoms with van der Waals surface area (Å²) in [6.45, 7) is 7.61. The maximum absolute atomic E-state index is 14.6. The van der Waals surface area contributed by atoms with E-state index < -0.39 is 0 Å². The number of ether oxygens (including phenoxy) is 2. The number of aliphatic imine (C=N–C) groups is 1. The second-order valence-electron chi connectivity index (χ2n) is 7.99. The third kappa shape index (κ3) is 9.10. The maximum Gasteiger partial charge on any atom is 0.191 e. The van der Waals surface area contributed by atoms with E-state index in [0.29, 0.717) is 31.5 Å². The number of nitrogens with zero attached hydrogens (tertiary/aromatic N) is 2. The highest BCUT2D eigenvalue weighted by molar-refractivity contribution is 14.0. The van der Waals surface area contributed by atoms with Crippen molar-refractivity contribution < 1.29 is 13.9 Å². The molecule has 0 bridgehead atoms. The third-order valence-electron chi connectivity index (χ3n) is 5.65. The number of morpholine rings is 1. The van der Waals surface area contributed by atoms with Gasteiger partial charge in [-0.2, -0.15) is 0 Å². The molecule has 1 heterocycles. The minimum atomic E-state index is -0.192. The molecule has 0 radical (unpaired) electrons. The average Bonchev–Trinajstić information content (AvgIpc) is 2.78. The van der Waals surface area contributed by atoms with E-state index in [1.165, 1.54) is 32.1 Å². The fraction of sp³-hybridized carbons (Fsp3) is 0.696. The minimum Gasteiger partial charge on any atom is -0.378 e. The highest BCUT2D eigenvalue weighted by atomic mass is 127. The fourth-order valence-corrected chi connectivity index (χ4v) is 3.98. The van der Waals surface area contributed by atoms with Gasteiger partial charge in [0, 0.05) is 32.8 Å². The lowest BCUT2D eigenvalue weighted by Crippen LogP contribution is -2.38. The Morgan fingerprint density at radius 3 is 2.68 bits per heavy atom. The Hall–Kier alpha value is -1.13. The van der Waals surface area contributed by atoms with Crippen LogP contribution in [0.4, 0.5) is 10.1 Å². The average molecular weight is 548 g/mol. The van der Waals surface area contributed by atoms with Crippen LogP contribution in [0.25, 0.3) is 0 Å². The summed E-state index contributed by atoms with van der Waals surface area (Å²) in [6, 6.07) is 5.41. The van der Waals surface area contributed by atoms with Crippen LogP contribution in [-0.4, -0.2) is 58.1 Å². The van der Waals surface area contributed by atoms with E-state index in [4.69, 9.17) is 9.47 Å². The molecule has 0 spiro atoms. The SMILES string of the molecule is CCNC(=NCc1ccc(N2CCOCC2)c(F)c1)NCCCOC1CCCCC1.I. The van der Waals surface area contributed by atoms with Gasteiger partial charge in [0.1, 0.15) is 5.82 Å².